The Balaban J connectivity index is 1.98. The number of aryl methyl sites for hydroxylation is 1. The molecule has 0 fully saturated rings. The smallest absolute Gasteiger partial charge is 0.157 e. The molecule has 4 nitrogen and oxygen atoms in total. The third-order valence-electron chi connectivity index (χ3n) is 3.19. The van der Waals surface area contributed by atoms with Crippen molar-refractivity contribution in [2.75, 3.05) is 5.73 Å². The number of fused-ring (bicyclic) bond motifs is 1. The molecule has 0 amide bonds. The van der Waals surface area contributed by atoms with Gasteiger partial charge in [-0.05, 0) is 18.6 Å². The Morgan fingerprint density at radius 3 is 2.95 bits per heavy atom. The molecule has 2 heterocycles. The minimum Gasteiger partial charge on any atom is -0.454 e. The van der Waals surface area contributed by atoms with E-state index in [-0.39, 0.29) is 0 Å². The molecule has 98 valence electrons. The van der Waals surface area contributed by atoms with Crippen LogP contribution in [0, 0.1) is 0 Å². The van der Waals surface area contributed by atoms with Crippen molar-refractivity contribution in [3.05, 3.63) is 36.5 Å². The van der Waals surface area contributed by atoms with Gasteiger partial charge in [-0.25, -0.2) is 0 Å². The maximum Gasteiger partial charge on any atom is 0.157 e. The van der Waals surface area contributed by atoms with Crippen LogP contribution in [0.4, 0.5) is 5.69 Å². The van der Waals surface area contributed by atoms with Crippen LogP contribution in [0.5, 0.6) is 0 Å². The first-order chi connectivity index (χ1) is 9.28. The number of hydrogen-bond donors (Lipinski definition) is 1. The van der Waals surface area contributed by atoms with Crippen LogP contribution in [-0.4, -0.2) is 9.78 Å². The number of rotatable bonds is 4. The lowest BCUT2D eigenvalue weighted by Gasteiger charge is -1.97. The Morgan fingerprint density at radius 1 is 1.32 bits per heavy atom. The van der Waals surface area contributed by atoms with Gasteiger partial charge in [0, 0.05) is 18.1 Å². The molecule has 0 spiro atoms. The average Bonchev–Trinajstić information content (AvgIpc) is 2.99. The number of nitrogen functional groups attached to an aromatic ring is 1. The Bertz CT molecular complexity index is 663. The molecule has 0 saturated carbocycles. The van der Waals surface area contributed by atoms with Gasteiger partial charge in [0.15, 0.2) is 11.5 Å². The maximum absolute atomic E-state index is 6.02. The molecule has 1 aromatic carbocycles. The van der Waals surface area contributed by atoms with Crippen LogP contribution in [0.2, 0.25) is 0 Å². The van der Waals surface area contributed by atoms with E-state index in [4.69, 9.17) is 10.2 Å². The SMILES string of the molecule is CCCCn1cc(N)c(-c2cc3ccccc3o2)n1. The molecule has 0 radical (unpaired) electrons. The third kappa shape index (κ3) is 2.21. The van der Waals surface area contributed by atoms with E-state index in [1.54, 1.807) is 0 Å². The molecule has 0 aliphatic heterocycles. The van der Waals surface area contributed by atoms with Crippen molar-refractivity contribution in [1.82, 2.24) is 9.78 Å². The van der Waals surface area contributed by atoms with Crippen molar-refractivity contribution >= 4 is 16.7 Å². The lowest BCUT2D eigenvalue weighted by molar-refractivity contribution is 0.568. The fraction of sp³-hybridized carbons (Fsp3) is 0.267. The second-order valence-corrected chi connectivity index (χ2v) is 4.70. The number of para-hydroxylation sites is 1. The summed E-state index contributed by atoms with van der Waals surface area (Å²) in [4.78, 5) is 0. The summed E-state index contributed by atoms with van der Waals surface area (Å²) in [6.45, 7) is 3.05. The largest absolute Gasteiger partial charge is 0.454 e. The minimum atomic E-state index is 0.662. The molecule has 3 aromatic rings. The van der Waals surface area contributed by atoms with Gasteiger partial charge in [0.05, 0.1) is 5.69 Å². The molecular formula is C15H17N3O. The Morgan fingerprint density at radius 2 is 2.16 bits per heavy atom. The van der Waals surface area contributed by atoms with Gasteiger partial charge in [-0.1, -0.05) is 31.5 Å². The van der Waals surface area contributed by atoms with Crippen molar-refractivity contribution in [2.45, 2.75) is 26.3 Å². The topological polar surface area (TPSA) is 57.0 Å². The van der Waals surface area contributed by atoms with E-state index in [0.29, 0.717) is 5.69 Å². The Kier molecular flexibility index (Phi) is 2.99. The summed E-state index contributed by atoms with van der Waals surface area (Å²) in [5.74, 6) is 0.731. The zero-order valence-electron chi connectivity index (χ0n) is 11.0. The second-order valence-electron chi connectivity index (χ2n) is 4.70. The van der Waals surface area contributed by atoms with Gasteiger partial charge in [0.25, 0.3) is 0 Å². The lowest BCUT2D eigenvalue weighted by Crippen LogP contribution is -1.97. The minimum absolute atomic E-state index is 0.662. The molecule has 0 aliphatic rings. The Labute approximate surface area is 111 Å². The highest BCUT2D eigenvalue weighted by Gasteiger charge is 2.13. The molecule has 4 heteroatoms. The zero-order chi connectivity index (χ0) is 13.2. The van der Waals surface area contributed by atoms with Gasteiger partial charge in [-0.2, -0.15) is 5.10 Å². The van der Waals surface area contributed by atoms with Gasteiger partial charge in [-0.3, -0.25) is 4.68 Å². The van der Waals surface area contributed by atoms with E-state index in [1.165, 1.54) is 0 Å². The van der Waals surface area contributed by atoms with E-state index in [2.05, 4.69) is 12.0 Å². The first-order valence-corrected chi connectivity index (χ1v) is 6.60. The van der Waals surface area contributed by atoms with Crippen LogP contribution in [-0.2, 0) is 6.54 Å². The number of hydrogen-bond acceptors (Lipinski definition) is 3. The number of unbranched alkanes of at least 4 members (excludes halogenated alkanes) is 1. The van der Waals surface area contributed by atoms with Gasteiger partial charge in [-0.15, -0.1) is 0 Å². The van der Waals surface area contributed by atoms with Crippen molar-refractivity contribution in [3.8, 4) is 11.5 Å². The normalized spacial score (nSPS) is 11.2. The van der Waals surface area contributed by atoms with Crippen molar-refractivity contribution in [3.63, 3.8) is 0 Å². The van der Waals surface area contributed by atoms with Gasteiger partial charge in [0.2, 0.25) is 0 Å². The van der Waals surface area contributed by atoms with Crippen LogP contribution in [0.1, 0.15) is 19.8 Å². The van der Waals surface area contributed by atoms with E-state index in [9.17, 15) is 0 Å². The summed E-state index contributed by atoms with van der Waals surface area (Å²) in [5, 5.41) is 5.58. The summed E-state index contributed by atoms with van der Waals surface area (Å²) in [6.07, 6.45) is 4.11. The van der Waals surface area contributed by atoms with E-state index >= 15 is 0 Å². The number of nitrogens with two attached hydrogens (primary N) is 1. The van der Waals surface area contributed by atoms with Crippen molar-refractivity contribution < 1.29 is 4.42 Å². The molecule has 0 bridgehead atoms. The quantitative estimate of drug-likeness (QED) is 0.773. The monoisotopic (exact) mass is 255 g/mol. The molecule has 2 aromatic heterocycles. The standard InChI is InChI=1S/C15H17N3O/c1-2-3-8-18-10-12(16)15(17-18)14-9-11-6-4-5-7-13(11)19-14/h4-7,9-10H,2-3,8,16H2,1H3. The summed E-state index contributed by atoms with van der Waals surface area (Å²) in [6, 6.07) is 9.90. The van der Waals surface area contributed by atoms with Crippen LogP contribution in [0.15, 0.2) is 40.9 Å². The van der Waals surface area contributed by atoms with Crippen LogP contribution >= 0.6 is 0 Å². The molecule has 0 atom stereocenters. The third-order valence-corrected chi connectivity index (χ3v) is 3.19. The van der Waals surface area contributed by atoms with Crippen LogP contribution < -0.4 is 5.73 Å². The summed E-state index contributed by atoms with van der Waals surface area (Å²) in [5.41, 5.74) is 8.28. The first kappa shape index (κ1) is 11.8. The van der Waals surface area contributed by atoms with E-state index < -0.39 is 0 Å². The number of aromatic nitrogens is 2. The van der Waals surface area contributed by atoms with E-state index in [1.807, 2.05) is 41.2 Å². The summed E-state index contributed by atoms with van der Waals surface area (Å²) in [7, 11) is 0. The number of anilines is 1. The average molecular weight is 255 g/mol. The molecular weight excluding hydrogens is 238 g/mol. The van der Waals surface area contributed by atoms with Crippen LogP contribution in [0.3, 0.4) is 0 Å². The van der Waals surface area contributed by atoms with Crippen molar-refractivity contribution in [1.29, 1.82) is 0 Å². The molecule has 0 saturated heterocycles. The number of furan rings is 1. The summed E-state index contributed by atoms with van der Waals surface area (Å²) >= 11 is 0. The fourth-order valence-electron chi connectivity index (χ4n) is 2.16. The maximum atomic E-state index is 6.02. The fourth-order valence-corrected chi connectivity index (χ4v) is 2.16. The lowest BCUT2D eigenvalue weighted by atomic mass is 10.2. The predicted molar refractivity (Wildman–Crippen MR) is 76.8 cm³/mol. The number of benzene rings is 1. The summed E-state index contributed by atoms with van der Waals surface area (Å²) < 4.78 is 7.69. The first-order valence-electron chi connectivity index (χ1n) is 6.60. The highest BCUT2D eigenvalue weighted by molar-refractivity contribution is 5.84. The van der Waals surface area contributed by atoms with Crippen molar-refractivity contribution in [2.24, 2.45) is 0 Å². The molecule has 0 aliphatic carbocycles. The van der Waals surface area contributed by atoms with Gasteiger partial charge >= 0.3 is 0 Å². The number of nitrogens with zero attached hydrogens (tertiary/aromatic N) is 2. The zero-order valence-corrected chi connectivity index (χ0v) is 11.0. The van der Waals surface area contributed by atoms with Crippen LogP contribution in [0.25, 0.3) is 22.4 Å². The van der Waals surface area contributed by atoms with Gasteiger partial charge < -0.3 is 10.2 Å². The molecule has 2 N–H and O–H groups in total. The molecule has 19 heavy (non-hydrogen) atoms. The molecule has 0 unspecified atom stereocenters. The van der Waals surface area contributed by atoms with E-state index in [0.717, 1.165) is 41.8 Å². The highest BCUT2D eigenvalue weighted by atomic mass is 16.3. The highest BCUT2D eigenvalue weighted by Crippen LogP contribution is 2.30. The predicted octanol–water partition coefficient (Wildman–Crippen LogP) is 3.68. The Hall–Kier alpha value is -2.23. The molecule has 3 rings (SSSR count). The second kappa shape index (κ2) is 4.80. The van der Waals surface area contributed by atoms with Gasteiger partial charge in [0.1, 0.15) is 5.58 Å².